The minimum atomic E-state index is -0.742. The first-order valence-electron chi connectivity index (χ1n) is 10.3. The molecular weight excluding hydrogens is 432 g/mol. The van der Waals surface area contributed by atoms with Gasteiger partial charge in [-0.2, -0.15) is 0 Å². The molecule has 1 atom stereocenters. The summed E-state index contributed by atoms with van der Waals surface area (Å²) in [5.74, 6) is -1.71. The van der Waals surface area contributed by atoms with E-state index in [2.05, 4.69) is 17.6 Å². The van der Waals surface area contributed by atoms with Crippen molar-refractivity contribution < 1.29 is 28.7 Å². The second kappa shape index (κ2) is 10.4. The lowest BCUT2D eigenvalue weighted by Crippen LogP contribution is -2.32. The molecule has 1 aromatic heterocycles. The van der Waals surface area contributed by atoms with Crippen LogP contribution in [-0.4, -0.2) is 44.0 Å². The molecule has 2 amide bonds. The summed E-state index contributed by atoms with van der Waals surface area (Å²) in [5.41, 5.74) is 2.74. The van der Waals surface area contributed by atoms with Crippen LogP contribution in [0.1, 0.15) is 50.1 Å². The molecule has 0 aliphatic heterocycles. The molecule has 2 aromatic rings. The van der Waals surface area contributed by atoms with E-state index >= 15 is 0 Å². The van der Waals surface area contributed by atoms with Gasteiger partial charge in [0.25, 0.3) is 11.8 Å². The Morgan fingerprint density at radius 2 is 1.88 bits per heavy atom. The lowest BCUT2D eigenvalue weighted by atomic mass is 9.88. The molecule has 32 heavy (non-hydrogen) atoms. The average molecular weight is 459 g/mol. The predicted octanol–water partition coefficient (Wildman–Crippen LogP) is 2.88. The molecule has 0 radical (unpaired) electrons. The van der Waals surface area contributed by atoms with E-state index in [1.165, 1.54) is 18.4 Å². The maximum atomic E-state index is 12.3. The minimum Gasteiger partial charge on any atom is -0.465 e. The van der Waals surface area contributed by atoms with Crippen molar-refractivity contribution >= 4 is 40.1 Å². The molecular formula is C23H26N2O6S. The average Bonchev–Trinajstić information content (AvgIpc) is 3.12. The molecule has 1 heterocycles. The molecule has 0 bridgehead atoms. The van der Waals surface area contributed by atoms with Crippen LogP contribution in [0.25, 0.3) is 0 Å². The van der Waals surface area contributed by atoms with Crippen LogP contribution in [0.2, 0.25) is 0 Å². The highest BCUT2D eigenvalue weighted by Crippen LogP contribution is 2.40. The number of esters is 2. The Morgan fingerprint density at radius 3 is 2.56 bits per heavy atom. The van der Waals surface area contributed by atoms with E-state index in [9.17, 15) is 19.2 Å². The van der Waals surface area contributed by atoms with E-state index in [0.29, 0.717) is 22.0 Å². The van der Waals surface area contributed by atoms with Gasteiger partial charge in [0.1, 0.15) is 11.5 Å². The van der Waals surface area contributed by atoms with Gasteiger partial charge in [-0.05, 0) is 49.8 Å². The molecule has 0 saturated carbocycles. The van der Waals surface area contributed by atoms with Crippen molar-refractivity contribution in [3.8, 4) is 0 Å². The van der Waals surface area contributed by atoms with Crippen molar-refractivity contribution in [1.82, 2.24) is 5.32 Å². The van der Waals surface area contributed by atoms with Gasteiger partial charge in [0.2, 0.25) is 0 Å². The summed E-state index contributed by atoms with van der Waals surface area (Å²) in [6.45, 7) is 3.16. The summed E-state index contributed by atoms with van der Waals surface area (Å²) >= 11 is 1.35. The lowest BCUT2D eigenvalue weighted by Gasteiger charge is -2.18. The fourth-order valence-electron chi connectivity index (χ4n) is 3.48. The highest BCUT2D eigenvalue weighted by molar-refractivity contribution is 7.17. The van der Waals surface area contributed by atoms with Crippen molar-refractivity contribution in [2.45, 2.75) is 33.1 Å². The molecule has 0 spiro atoms. The first-order chi connectivity index (χ1) is 15.3. The number of hydrogen-bond donors (Lipinski definition) is 2. The van der Waals surface area contributed by atoms with Gasteiger partial charge in [-0.15, -0.1) is 11.3 Å². The van der Waals surface area contributed by atoms with Crippen molar-refractivity contribution in [2.75, 3.05) is 25.6 Å². The number of hydrogen-bond acceptors (Lipinski definition) is 7. The number of fused-ring (bicyclic) bond motifs is 1. The Labute approximate surface area is 190 Å². The van der Waals surface area contributed by atoms with Crippen LogP contribution in [0.15, 0.2) is 24.3 Å². The number of thiophene rings is 1. The van der Waals surface area contributed by atoms with Crippen LogP contribution < -0.4 is 10.6 Å². The van der Waals surface area contributed by atoms with Crippen molar-refractivity contribution in [3.63, 3.8) is 0 Å². The number of carbonyl (C=O) groups excluding carboxylic acids is 4. The number of ether oxygens (including phenoxy) is 2. The lowest BCUT2D eigenvalue weighted by molar-refractivity contribution is -0.146. The van der Waals surface area contributed by atoms with Crippen LogP contribution in [0.5, 0.6) is 0 Å². The normalized spacial score (nSPS) is 14.8. The number of rotatable bonds is 7. The summed E-state index contributed by atoms with van der Waals surface area (Å²) in [6.07, 6.45) is 2.56. The highest BCUT2D eigenvalue weighted by atomic mass is 32.1. The quantitative estimate of drug-likeness (QED) is 0.618. The molecule has 0 fully saturated rings. The third-order valence-electron chi connectivity index (χ3n) is 5.23. The molecule has 1 aliphatic rings. The number of carbonyl (C=O) groups is 4. The predicted molar refractivity (Wildman–Crippen MR) is 120 cm³/mol. The zero-order valence-corrected chi connectivity index (χ0v) is 19.1. The number of anilines is 1. The van der Waals surface area contributed by atoms with Crippen LogP contribution in [-0.2, 0) is 31.9 Å². The SMILES string of the molecule is COC(=O)c1c(NC(=O)COC(=O)CNC(=O)c2ccc(C)cc2)sc2c1CCC(C)C2. The monoisotopic (exact) mass is 458 g/mol. The Kier molecular flexibility index (Phi) is 7.63. The molecule has 1 unspecified atom stereocenters. The number of amides is 2. The number of aryl methyl sites for hydroxylation is 1. The highest BCUT2D eigenvalue weighted by Gasteiger charge is 2.29. The van der Waals surface area contributed by atoms with Crippen LogP contribution >= 0.6 is 11.3 Å². The van der Waals surface area contributed by atoms with Crippen LogP contribution in [0, 0.1) is 12.8 Å². The van der Waals surface area contributed by atoms with Gasteiger partial charge in [0.05, 0.1) is 12.7 Å². The first-order valence-corrected chi connectivity index (χ1v) is 11.1. The fraction of sp³-hybridized carbons (Fsp3) is 0.391. The largest absolute Gasteiger partial charge is 0.465 e. The number of benzene rings is 1. The van der Waals surface area contributed by atoms with E-state index in [1.807, 2.05) is 6.92 Å². The molecule has 170 valence electrons. The van der Waals surface area contributed by atoms with Crippen molar-refractivity contribution in [2.24, 2.45) is 5.92 Å². The summed E-state index contributed by atoms with van der Waals surface area (Å²) in [4.78, 5) is 49.6. The molecule has 9 heteroatoms. The smallest absolute Gasteiger partial charge is 0.341 e. The zero-order valence-electron chi connectivity index (χ0n) is 18.3. The molecule has 2 N–H and O–H groups in total. The number of nitrogens with one attached hydrogen (secondary N) is 2. The second-order valence-electron chi connectivity index (χ2n) is 7.81. The van der Waals surface area contributed by atoms with Gasteiger partial charge >= 0.3 is 11.9 Å². The summed E-state index contributed by atoms with van der Waals surface area (Å²) in [6, 6.07) is 6.90. The standard InChI is InChI=1S/C23H26N2O6S/c1-13-4-7-15(8-5-13)21(28)24-11-19(27)31-12-18(26)25-22-20(23(29)30-3)16-9-6-14(2)10-17(16)32-22/h4-5,7-8,14H,6,9-12H2,1-3H3,(H,24,28)(H,25,26). The Hall–Kier alpha value is -3.20. The van der Waals surface area contributed by atoms with Gasteiger partial charge < -0.3 is 20.1 Å². The number of methoxy groups -OCH3 is 1. The van der Waals surface area contributed by atoms with Crippen LogP contribution in [0.4, 0.5) is 5.00 Å². The third kappa shape index (κ3) is 5.73. The second-order valence-corrected chi connectivity index (χ2v) is 8.91. The molecule has 0 saturated heterocycles. The van der Waals surface area contributed by atoms with E-state index in [0.717, 1.165) is 35.3 Å². The van der Waals surface area contributed by atoms with Gasteiger partial charge in [0.15, 0.2) is 6.61 Å². The molecule has 1 aromatic carbocycles. The summed E-state index contributed by atoms with van der Waals surface area (Å²) in [7, 11) is 1.30. The van der Waals surface area contributed by atoms with E-state index < -0.39 is 30.4 Å². The van der Waals surface area contributed by atoms with E-state index in [1.54, 1.807) is 24.3 Å². The van der Waals surface area contributed by atoms with Crippen molar-refractivity contribution in [3.05, 3.63) is 51.4 Å². The van der Waals surface area contributed by atoms with Gasteiger partial charge in [-0.25, -0.2) is 4.79 Å². The Bertz CT molecular complexity index is 1030. The van der Waals surface area contributed by atoms with Gasteiger partial charge in [-0.1, -0.05) is 24.6 Å². The van der Waals surface area contributed by atoms with Crippen molar-refractivity contribution in [1.29, 1.82) is 0 Å². The molecule has 1 aliphatic carbocycles. The third-order valence-corrected chi connectivity index (χ3v) is 6.40. The fourth-order valence-corrected chi connectivity index (χ4v) is 4.89. The topological polar surface area (TPSA) is 111 Å². The molecule has 3 rings (SSSR count). The maximum absolute atomic E-state index is 12.3. The minimum absolute atomic E-state index is 0.363. The van der Waals surface area contributed by atoms with Gasteiger partial charge in [0, 0.05) is 10.4 Å². The zero-order chi connectivity index (χ0) is 23.3. The van der Waals surface area contributed by atoms with E-state index in [-0.39, 0.29) is 6.54 Å². The summed E-state index contributed by atoms with van der Waals surface area (Å²) < 4.78 is 9.85. The van der Waals surface area contributed by atoms with Crippen LogP contribution in [0.3, 0.4) is 0 Å². The Balaban J connectivity index is 1.53. The molecule has 8 nitrogen and oxygen atoms in total. The Morgan fingerprint density at radius 1 is 1.16 bits per heavy atom. The van der Waals surface area contributed by atoms with Gasteiger partial charge in [-0.3, -0.25) is 14.4 Å². The first kappa shape index (κ1) is 23.5. The maximum Gasteiger partial charge on any atom is 0.341 e. The van der Waals surface area contributed by atoms with E-state index in [4.69, 9.17) is 9.47 Å². The summed E-state index contributed by atoms with van der Waals surface area (Å²) in [5, 5.41) is 5.53.